The molecular weight excluding hydrogens is 222 g/mol. The average molecular weight is 240 g/mol. The van der Waals surface area contributed by atoms with Gasteiger partial charge in [0.2, 0.25) is 0 Å². The molecule has 0 spiro atoms. The molecule has 16 heavy (non-hydrogen) atoms. The first-order chi connectivity index (χ1) is 7.61. The smallest absolute Gasteiger partial charge is 0.127 e. The van der Waals surface area contributed by atoms with Crippen LogP contribution in [0.5, 0.6) is 0 Å². The number of halogens is 1. The molecule has 2 atom stereocenters. The molecule has 0 saturated carbocycles. The van der Waals surface area contributed by atoms with E-state index in [-0.39, 0.29) is 6.23 Å². The standard InChI is InChI=1S/C13H18ClNO/c1-3-11-4-5-13(16)15(11)12-7-9(2)6-10(14)8-12/h6-8,11,13,16H,3-5H2,1-2H3/t11-,13?/m0/s1. The number of nitrogens with zero attached hydrogens (tertiary/aromatic N) is 1. The zero-order valence-electron chi connectivity index (χ0n) is 9.78. The van der Waals surface area contributed by atoms with Crippen molar-refractivity contribution in [3.8, 4) is 0 Å². The second-order valence-corrected chi connectivity index (χ2v) is 4.95. The Balaban J connectivity index is 2.34. The van der Waals surface area contributed by atoms with Gasteiger partial charge in [-0.25, -0.2) is 0 Å². The monoisotopic (exact) mass is 239 g/mol. The molecule has 1 saturated heterocycles. The SMILES string of the molecule is CC[C@H]1CCC(O)N1c1cc(C)cc(Cl)c1. The minimum atomic E-state index is -0.359. The topological polar surface area (TPSA) is 23.5 Å². The van der Waals surface area contributed by atoms with Crippen LogP contribution in [0.15, 0.2) is 18.2 Å². The largest absolute Gasteiger partial charge is 0.374 e. The zero-order valence-corrected chi connectivity index (χ0v) is 10.5. The van der Waals surface area contributed by atoms with E-state index < -0.39 is 0 Å². The van der Waals surface area contributed by atoms with Gasteiger partial charge < -0.3 is 10.0 Å². The molecule has 1 aliphatic heterocycles. The second-order valence-electron chi connectivity index (χ2n) is 4.51. The van der Waals surface area contributed by atoms with Gasteiger partial charge in [-0.1, -0.05) is 18.5 Å². The molecule has 1 fully saturated rings. The maximum atomic E-state index is 10.0. The van der Waals surface area contributed by atoms with Gasteiger partial charge >= 0.3 is 0 Å². The van der Waals surface area contributed by atoms with E-state index in [9.17, 15) is 5.11 Å². The first kappa shape index (κ1) is 11.7. The molecule has 1 unspecified atom stereocenters. The third-order valence-corrected chi connectivity index (χ3v) is 3.49. The molecule has 1 aromatic carbocycles. The predicted octanol–water partition coefficient (Wildman–Crippen LogP) is 3.35. The highest BCUT2D eigenvalue weighted by molar-refractivity contribution is 6.30. The Morgan fingerprint density at radius 3 is 2.75 bits per heavy atom. The highest BCUT2D eigenvalue weighted by Crippen LogP contribution is 2.33. The lowest BCUT2D eigenvalue weighted by atomic mass is 10.1. The Morgan fingerprint density at radius 1 is 1.38 bits per heavy atom. The van der Waals surface area contributed by atoms with Crippen LogP contribution < -0.4 is 4.90 Å². The highest BCUT2D eigenvalue weighted by Gasteiger charge is 2.30. The lowest BCUT2D eigenvalue weighted by Gasteiger charge is -2.29. The van der Waals surface area contributed by atoms with Crippen LogP contribution in [0.1, 0.15) is 31.7 Å². The molecule has 0 bridgehead atoms. The van der Waals surface area contributed by atoms with Gasteiger partial charge in [-0.2, -0.15) is 0 Å². The first-order valence-electron chi connectivity index (χ1n) is 5.85. The Kier molecular flexibility index (Phi) is 3.41. The van der Waals surface area contributed by atoms with E-state index in [1.165, 1.54) is 0 Å². The fourth-order valence-corrected chi connectivity index (χ4v) is 2.80. The Labute approximate surface area is 102 Å². The predicted molar refractivity (Wildman–Crippen MR) is 68.0 cm³/mol. The Bertz CT molecular complexity index is 360. The lowest BCUT2D eigenvalue weighted by molar-refractivity contribution is 0.182. The van der Waals surface area contributed by atoms with Crippen LogP contribution in [-0.2, 0) is 0 Å². The summed E-state index contributed by atoms with van der Waals surface area (Å²) in [6.45, 7) is 4.19. The van der Waals surface area contributed by atoms with E-state index in [0.717, 1.165) is 35.5 Å². The Hall–Kier alpha value is -0.730. The summed E-state index contributed by atoms with van der Waals surface area (Å²) in [4.78, 5) is 2.10. The van der Waals surface area contributed by atoms with Crippen LogP contribution in [0.2, 0.25) is 5.02 Å². The quantitative estimate of drug-likeness (QED) is 0.856. The lowest BCUT2D eigenvalue weighted by Crippen LogP contribution is -2.35. The van der Waals surface area contributed by atoms with Gasteiger partial charge in [0.15, 0.2) is 0 Å². The van der Waals surface area contributed by atoms with Gasteiger partial charge in [-0.3, -0.25) is 0 Å². The number of hydrogen-bond donors (Lipinski definition) is 1. The summed E-state index contributed by atoms with van der Waals surface area (Å²) in [6.07, 6.45) is 2.61. The third-order valence-electron chi connectivity index (χ3n) is 3.27. The summed E-state index contributed by atoms with van der Waals surface area (Å²) in [5.74, 6) is 0. The third kappa shape index (κ3) is 2.18. The van der Waals surface area contributed by atoms with E-state index in [4.69, 9.17) is 11.6 Å². The summed E-state index contributed by atoms with van der Waals surface area (Å²) >= 11 is 6.06. The van der Waals surface area contributed by atoms with E-state index in [1.807, 2.05) is 19.1 Å². The van der Waals surface area contributed by atoms with Crippen molar-refractivity contribution in [1.29, 1.82) is 0 Å². The van der Waals surface area contributed by atoms with Crippen LogP contribution in [0.3, 0.4) is 0 Å². The van der Waals surface area contributed by atoms with Crippen LogP contribution in [0.4, 0.5) is 5.69 Å². The van der Waals surface area contributed by atoms with Crippen LogP contribution >= 0.6 is 11.6 Å². The van der Waals surface area contributed by atoms with Crippen molar-refractivity contribution in [2.24, 2.45) is 0 Å². The van der Waals surface area contributed by atoms with Crippen LogP contribution in [-0.4, -0.2) is 17.4 Å². The molecule has 0 aromatic heterocycles. The summed E-state index contributed by atoms with van der Waals surface area (Å²) in [5, 5.41) is 10.7. The molecule has 1 aromatic rings. The van der Waals surface area contributed by atoms with E-state index in [2.05, 4.69) is 17.9 Å². The van der Waals surface area contributed by atoms with Crippen molar-refractivity contribution in [3.63, 3.8) is 0 Å². The molecule has 0 aliphatic carbocycles. The maximum absolute atomic E-state index is 10.0. The normalized spacial score (nSPS) is 25.1. The number of rotatable bonds is 2. The average Bonchev–Trinajstić information content (AvgIpc) is 2.58. The number of aliphatic hydroxyl groups excluding tert-OH is 1. The summed E-state index contributed by atoms with van der Waals surface area (Å²) in [5.41, 5.74) is 2.18. The van der Waals surface area contributed by atoms with E-state index >= 15 is 0 Å². The van der Waals surface area contributed by atoms with Gasteiger partial charge in [0.1, 0.15) is 6.23 Å². The van der Waals surface area contributed by atoms with Crippen LogP contribution in [0.25, 0.3) is 0 Å². The number of benzene rings is 1. The number of aryl methyl sites for hydroxylation is 1. The van der Waals surface area contributed by atoms with Crippen molar-refractivity contribution in [2.45, 2.75) is 45.4 Å². The van der Waals surface area contributed by atoms with Gasteiger partial charge in [-0.05, 0) is 49.9 Å². The maximum Gasteiger partial charge on any atom is 0.127 e. The highest BCUT2D eigenvalue weighted by atomic mass is 35.5. The molecule has 88 valence electrons. The molecule has 2 rings (SSSR count). The molecule has 1 heterocycles. The van der Waals surface area contributed by atoms with Crippen LogP contribution in [0, 0.1) is 6.92 Å². The van der Waals surface area contributed by atoms with Crippen molar-refractivity contribution in [3.05, 3.63) is 28.8 Å². The first-order valence-corrected chi connectivity index (χ1v) is 6.23. The van der Waals surface area contributed by atoms with Crippen molar-refractivity contribution < 1.29 is 5.11 Å². The molecule has 3 heteroatoms. The fourth-order valence-electron chi connectivity index (χ4n) is 2.51. The summed E-state index contributed by atoms with van der Waals surface area (Å²) < 4.78 is 0. The van der Waals surface area contributed by atoms with Gasteiger partial charge in [0.05, 0.1) is 0 Å². The minimum Gasteiger partial charge on any atom is -0.374 e. The number of hydrogen-bond acceptors (Lipinski definition) is 2. The molecule has 0 radical (unpaired) electrons. The summed E-state index contributed by atoms with van der Waals surface area (Å²) in [7, 11) is 0. The van der Waals surface area contributed by atoms with Gasteiger partial charge in [-0.15, -0.1) is 0 Å². The molecule has 0 amide bonds. The van der Waals surface area contributed by atoms with E-state index in [0.29, 0.717) is 6.04 Å². The fraction of sp³-hybridized carbons (Fsp3) is 0.538. The number of anilines is 1. The summed E-state index contributed by atoms with van der Waals surface area (Å²) in [6, 6.07) is 6.40. The van der Waals surface area contributed by atoms with E-state index in [1.54, 1.807) is 0 Å². The second kappa shape index (κ2) is 4.64. The van der Waals surface area contributed by atoms with Gasteiger partial charge in [0.25, 0.3) is 0 Å². The zero-order chi connectivity index (χ0) is 11.7. The molecule has 1 aliphatic rings. The minimum absolute atomic E-state index is 0.359. The number of aliphatic hydroxyl groups is 1. The molecular formula is C13H18ClNO. The molecule has 2 nitrogen and oxygen atoms in total. The van der Waals surface area contributed by atoms with Gasteiger partial charge in [0, 0.05) is 16.8 Å². The van der Waals surface area contributed by atoms with Crippen molar-refractivity contribution in [1.82, 2.24) is 0 Å². The van der Waals surface area contributed by atoms with Crippen molar-refractivity contribution >= 4 is 17.3 Å². The molecule has 1 N–H and O–H groups in total. The Morgan fingerprint density at radius 2 is 2.12 bits per heavy atom. The van der Waals surface area contributed by atoms with Crippen molar-refractivity contribution in [2.75, 3.05) is 4.90 Å².